The van der Waals surface area contributed by atoms with Crippen molar-refractivity contribution in [1.82, 2.24) is 10.1 Å². The van der Waals surface area contributed by atoms with E-state index < -0.39 is 5.54 Å². The molecule has 0 spiro atoms. The Kier molecular flexibility index (Phi) is 2.53. The van der Waals surface area contributed by atoms with E-state index in [0.29, 0.717) is 11.1 Å². The highest BCUT2D eigenvalue weighted by Gasteiger charge is 2.27. The highest BCUT2D eigenvalue weighted by Crippen LogP contribution is 2.39. The zero-order chi connectivity index (χ0) is 10.2. The molecule has 0 saturated carbocycles. The molecule has 0 bridgehead atoms. The van der Waals surface area contributed by atoms with Crippen LogP contribution in [0.4, 0.5) is 0 Å². The molecule has 1 aliphatic heterocycles. The molecule has 0 aliphatic carbocycles. The summed E-state index contributed by atoms with van der Waals surface area (Å²) < 4.78 is 5.21. The molecule has 2 rings (SSSR count). The third-order valence-corrected chi connectivity index (χ3v) is 3.59. The molecule has 2 heterocycles. The Labute approximate surface area is 87.6 Å². The standard InChI is InChI=1S/C9H15N3OS/c1-9(2,10)8-11-7(13-12-8)6-4-3-5-14-6/h6H,3-5,10H2,1-2H3. The van der Waals surface area contributed by atoms with Crippen LogP contribution in [-0.2, 0) is 5.54 Å². The summed E-state index contributed by atoms with van der Waals surface area (Å²) in [5.41, 5.74) is 5.37. The minimum Gasteiger partial charge on any atom is -0.338 e. The monoisotopic (exact) mass is 213 g/mol. The van der Waals surface area contributed by atoms with E-state index in [2.05, 4.69) is 10.1 Å². The number of thioether (sulfide) groups is 1. The molecule has 2 N–H and O–H groups in total. The molecule has 5 heteroatoms. The Bertz CT molecular complexity index is 312. The summed E-state index contributed by atoms with van der Waals surface area (Å²) in [6, 6.07) is 0. The van der Waals surface area contributed by atoms with E-state index in [1.54, 1.807) is 0 Å². The first-order chi connectivity index (χ1) is 6.57. The van der Waals surface area contributed by atoms with Crippen LogP contribution in [0.15, 0.2) is 4.52 Å². The first kappa shape index (κ1) is 9.98. The van der Waals surface area contributed by atoms with E-state index in [1.807, 2.05) is 25.6 Å². The lowest BCUT2D eigenvalue weighted by Gasteiger charge is -2.11. The topological polar surface area (TPSA) is 64.9 Å². The van der Waals surface area contributed by atoms with Gasteiger partial charge in [-0.15, -0.1) is 11.8 Å². The number of aromatic nitrogens is 2. The molecule has 1 aromatic heterocycles. The van der Waals surface area contributed by atoms with E-state index >= 15 is 0 Å². The quantitative estimate of drug-likeness (QED) is 0.812. The van der Waals surface area contributed by atoms with E-state index in [0.717, 1.165) is 12.3 Å². The second-order valence-corrected chi connectivity index (χ2v) is 5.49. The number of hydrogen-bond acceptors (Lipinski definition) is 5. The molecular weight excluding hydrogens is 198 g/mol. The van der Waals surface area contributed by atoms with E-state index in [-0.39, 0.29) is 0 Å². The van der Waals surface area contributed by atoms with Crippen LogP contribution in [0.5, 0.6) is 0 Å². The number of rotatable bonds is 2. The predicted octanol–water partition coefficient (Wildman–Crippen LogP) is 1.83. The van der Waals surface area contributed by atoms with Gasteiger partial charge in [0.25, 0.3) is 0 Å². The maximum Gasteiger partial charge on any atom is 0.239 e. The maximum absolute atomic E-state index is 5.88. The summed E-state index contributed by atoms with van der Waals surface area (Å²) in [6.45, 7) is 3.76. The summed E-state index contributed by atoms with van der Waals surface area (Å²) in [5, 5.41) is 4.30. The van der Waals surface area contributed by atoms with Gasteiger partial charge >= 0.3 is 0 Å². The average molecular weight is 213 g/mol. The van der Waals surface area contributed by atoms with Crippen molar-refractivity contribution in [3.8, 4) is 0 Å². The van der Waals surface area contributed by atoms with Gasteiger partial charge in [0.05, 0.1) is 10.8 Å². The number of nitrogens with two attached hydrogens (primary N) is 1. The molecule has 14 heavy (non-hydrogen) atoms. The first-order valence-electron chi connectivity index (χ1n) is 4.82. The molecule has 1 aromatic rings. The first-order valence-corrected chi connectivity index (χ1v) is 5.87. The average Bonchev–Trinajstić information content (AvgIpc) is 2.73. The van der Waals surface area contributed by atoms with Crippen molar-refractivity contribution < 1.29 is 4.52 Å². The van der Waals surface area contributed by atoms with Gasteiger partial charge in [-0.1, -0.05) is 5.16 Å². The van der Waals surface area contributed by atoms with Gasteiger partial charge < -0.3 is 10.3 Å². The Morgan fingerprint density at radius 3 is 2.86 bits per heavy atom. The van der Waals surface area contributed by atoms with Gasteiger partial charge in [0.15, 0.2) is 5.82 Å². The molecule has 1 aliphatic rings. The second-order valence-electron chi connectivity index (χ2n) is 4.18. The van der Waals surface area contributed by atoms with Crippen LogP contribution in [0.1, 0.15) is 43.7 Å². The molecule has 1 unspecified atom stereocenters. The van der Waals surface area contributed by atoms with Gasteiger partial charge in [-0.3, -0.25) is 0 Å². The van der Waals surface area contributed by atoms with Crippen LogP contribution in [-0.4, -0.2) is 15.9 Å². The summed E-state index contributed by atoms with van der Waals surface area (Å²) in [4.78, 5) is 4.34. The Hall–Kier alpha value is -0.550. The van der Waals surface area contributed by atoms with Crippen molar-refractivity contribution in [2.24, 2.45) is 5.73 Å². The zero-order valence-corrected chi connectivity index (χ0v) is 9.30. The second kappa shape index (κ2) is 3.55. The number of hydrogen-bond donors (Lipinski definition) is 1. The molecule has 0 aromatic carbocycles. The molecular formula is C9H15N3OS. The summed E-state index contributed by atoms with van der Waals surface area (Å²) in [6.07, 6.45) is 2.37. The molecule has 4 nitrogen and oxygen atoms in total. The SMILES string of the molecule is CC(C)(N)c1noc(C2CCCS2)n1. The van der Waals surface area contributed by atoms with Crippen molar-refractivity contribution in [2.75, 3.05) is 5.75 Å². The number of nitrogens with zero attached hydrogens (tertiary/aromatic N) is 2. The minimum atomic E-state index is -0.509. The van der Waals surface area contributed by atoms with Gasteiger partial charge in [-0.2, -0.15) is 4.98 Å². The largest absolute Gasteiger partial charge is 0.338 e. The third kappa shape index (κ3) is 1.93. The van der Waals surface area contributed by atoms with Crippen LogP contribution < -0.4 is 5.73 Å². The summed E-state index contributed by atoms with van der Waals surface area (Å²) in [5.74, 6) is 2.52. The Balaban J connectivity index is 2.17. The van der Waals surface area contributed by atoms with Crippen molar-refractivity contribution in [1.29, 1.82) is 0 Å². The smallest absolute Gasteiger partial charge is 0.239 e. The fourth-order valence-corrected chi connectivity index (χ4v) is 2.59. The van der Waals surface area contributed by atoms with Crippen molar-refractivity contribution in [3.63, 3.8) is 0 Å². The van der Waals surface area contributed by atoms with Gasteiger partial charge in [-0.05, 0) is 32.4 Å². The third-order valence-electron chi connectivity index (χ3n) is 2.22. The zero-order valence-electron chi connectivity index (χ0n) is 8.49. The van der Waals surface area contributed by atoms with Crippen LogP contribution in [0.25, 0.3) is 0 Å². The van der Waals surface area contributed by atoms with Crippen LogP contribution >= 0.6 is 11.8 Å². The summed E-state index contributed by atoms with van der Waals surface area (Å²) in [7, 11) is 0. The molecule has 1 atom stereocenters. The Morgan fingerprint density at radius 2 is 2.36 bits per heavy atom. The van der Waals surface area contributed by atoms with Crippen molar-refractivity contribution in [2.45, 2.75) is 37.5 Å². The lowest BCUT2D eigenvalue weighted by molar-refractivity contribution is 0.358. The van der Waals surface area contributed by atoms with Crippen molar-refractivity contribution >= 4 is 11.8 Å². The predicted molar refractivity (Wildman–Crippen MR) is 55.9 cm³/mol. The van der Waals surface area contributed by atoms with Gasteiger partial charge in [0.1, 0.15) is 0 Å². The molecule has 78 valence electrons. The molecule has 1 fully saturated rings. The molecule has 0 radical (unpaired) electrons. The van der Waals surface area contributed by atoms with Crippen LogP contribution in [0.2, 0.25) is 0 Å². The highest BCUT2D eigenvalue weighted by molar-refractivity contribution is 7.99. The van der Waals surface area contributed by atoms with Crippen LogP contribution in [0, 0.1) is 0 Å². The van der Waals surface area contributed by atoms with Gasteiger partial charge in [0, 0.05) is 0 Å². The maximum atomic E-state index is 5.88. The normalized spacial score (nSPS) is 22.9. The van der Waals surface area contributed by atoms with E-state index in [4.69, 9.17) is 10.3 Å². The lowest BCUT2D eigenvalue weighted by Crippen LogP contribution is -2.30. The molecule has 1 saturated heterocycles. The fourth-order valence-electron chi connectivity index (χ4n) is 1.40. The highest BCUT2D eigenvalue weighted by atomic mass is 32.2. The van der Waals surface area contributed by atoms with Gasteiger partial charge in [-0.25, -0.2) is 0 Å². The van der Waals surface area contributed by atoms with Gasteiger partial charge in [0.2, 0.25) is 5.89 Å². The van der Waals surface area contributed by atoms with Crippen molar-refractivity contribution in [3.05, 3.63) is 11.7 Å². The Morgan fingerprint density at radius 1 is 1.57 bits per heavy atom. The summed E-state index contributed by atoms with van der Waals surface area (Å²) >= 11 is 1.88. The fraction of sp³-hybridized carbons (Fsp3) is 0.778. The molecule has 0 amide bonds. The van der Waals surface area contributed by atoms with Crippen LogP contribution in [0.3, 0.4) is 0 Å². The van der Waals surface area contributed by atoms with E-state index in [1.165, 1.54) is 12.2 Å². The minimum absolute atomic E-state index is 0.388. The lowest BCUT2D eigenvalue weighted by atomic mass is 10.1. The van der Waals surface area contributed by atoms with E-state index in [9.17, 15) is 0 Å².